The molecule has 1 rings (SSSR count). The minimum Gasteiger partial charge on any atom is -0.494 e. The van der Waals surface area contributed by atoms with Gasteiger partial charge in [-0.05, 0) is 24.1 Å². The first kappa shape index (κ1) is 13.0. The average Bonchev–Trinajstić information content (AvgIpc) is 2.34. The molecule has 1 atom stereocenters. The molecule has 0 fully saturated rings. The molecule has 0 saturated heterocycles. The van der Waals surface area contributed by atoms with Crippen LogP contribution >= 0.6 is 0 Å². The Bertz CT molecular complexity index is 284. The molecule has 3 heteroatoms. The van der Waals surface area contributed by atoms with Gasteiger partial charge in [0.25, 0.3) is 0 Å². The van der Waals surface area contributed by atoms with E-state index in [1.807, 2.05) is 24.3 Å². The van der Waals surface area contributed by atoms with Gasteiger partial charge in [0.2, 0.25) is 0 Å². The Balaban J connectivity index is 2.39. The van der Waals surface area contributed by atoms with Gasteiger partial charge in [-0.2, -0.15) is 0 Å². The lowest BCUT2D eigenvalue weighted by molar-refractivity contribution is 0.172. The third kappa shape index (κ3) is 4.21. The van der Waals surface area contributed by atoms with Crippen LogP contribution in [0, 0.1) is 0 Å². The van der Waals surface area contributed by atoms with Crippen LogP contribution in [0.5, 0.6) is 5.75 Å². The van der Waals surface area contributed by atoms with E-state index in [9.17, 15) is 0 Å². The maximum Gasteiger partial charge on any atom is 0.119 e. The van der Waals surface area contributed by atoms with Gasteiger partial charge < -0.3 is 15.2 Å². The van der Waals surface area contributed by atoms with Crippen LogP contribution in [0.25, 0.3) is 0 Å². The molecule has 0 heterocycles. The molecule has 0 aliphatic carbocycles. The zero-order valence-electron chi connectivity index (χ0n) is 10.1. The number of hydrogen-bond acceptors (Lipinski definition) is 3. The fourth-order valence-corrected chi connectivity index (χ4v) is 1.44. The van der Waals surface area contributed by atoms with Gasteiger partial charge in [0.05, 0.1) is 6.61 Å². The quantitative estimate of drug-likeness (QED) is 0.722. The van der Waals surface area contributed by atoms with Crippen LogP contribution in [0.4, 0.5) is 0 Å². The molecule has 0 radical (unpaired) electrons. The number of ether oxygens (including phenoxy) is 2. The normalized spacial score (nSPS) is 12.4. The second kappa shape index (κ2) is 7.25. The molecule has 0 unspecified atom stereocenters. The smallest absolute Gasteiger partial charge is 0.119 e. The Morgan fingerprint density at radius 3 is 2.44 bits per heavy atom. The monoisotopic (exact) mass is 223 g/mol. The fourth-order valence-electron chi connectivity index (χ4n) is 1.44. The van der Waals surface area contributed by atoms with Gasteiger partial charge in [-0.3, -0.25) is 0 Å². The van der Waals surface area contributed by atoms with Crippen LogP contribution in [0.2, 0.25) is 0 Å². The van der Waals surface area contributed by atoms with Crippen molar-refractivity contribution < 1.29 is 9.47 Å². The summed E-state index contributed by atoms with van der Waals surface area (Å²) in [6.07, 6.45) is 1.86. The van der Waals surface area contributed by atoms with Crippen LogP contribution < -0.4 is 10.5 Å². The van der Waals surface area contributed by atoms with Crippen LogP contribution in [-0.2, 0) is 4.74 Å². The Morgan fingerprint density at radius 2 is 1.88 bits per heavy atom. The van der Waals surface area contributed by atoms with Crippen molar-refractivity contribution in [2.45, 2.75) is 25.8 Å². The molecule has 3 nitrogen and oxygen atoms in total. The topological polar surface area (TPSA) is 44.5 Å². The number of benzene rings is 1. The van der Waals surface area contributed by atoms with E-state index in [1.54, 1.807) is 7.11 Å². The van der Waals surface area contributed by atoms with Crippen LogP contribution in [0.1, 0.15) is 31.4 Å². The van der Waals surface area contributed by atoms with E-state index in [4.69, 9.17) is 15.2 Å². The van der Waals surface area contributed by atoms with Crippen molar-refractivity contribution in [3.05, 3.63) is 29.8 Å². The highest BCUT2D eigenvalue weighted by Gasteiger charge is 2.02. The van der Waals surface area contributed by atoms with Crippen molar-refractivity contribution in [2.75, 3.05) is 20.3 Å². The fraction of sp³-hybridized carbons (Fsp3) is 0.538. The summed E-state index contributed by atoms with van der Waals surface area (Å²) in [5, 5.41) is 0. The highest BCUT2D eigenvalue weighted by molar-refractivity contribution is 5.28. The summed E-state index contributed by atoms with van der Waals surface area (Å²) in [5.41, 5.74) is 7.09. The maximum atomic E-state index is 5.93. The summed E-state index contributed by atoms with van der Waals surface area (Å²) in [7, 11) is 1.70. The van der Waals surface area contributed by atoms with Crippen molar-refractivity contribution in [1.82, 2.24) is 0 Å². The molecule has 1 aromatic rings. The van der Waals surface area contributed by atoms with Crippen molar-refractivity contribution in [1.29, 1.82) is 0 Å². The molecule has 0 aromatic heterocycles. The molecule has 16 heavy (non-hydrogen) atoms. The molecule has 0 aliphatic rings. The van der Waals surface area contributed by atoms with Gasteiger partial charge in [0.15, 0.2) is 0 Å². The zero-order valence-corrected chi connectivity index (χ0v) is 10.1. The second-order valence-electron chi connectivity index (χ2n) is 3.78. The molecule has 0 spiro atoms. The van der Waals surface area contributed by atoms with Crippen molar-refractivity contribution in [3.63, 3.8) is 0 Å². The van der Waals surface area contributed by atoms with E-state index in [1.165, 1.54) is 0 Å². The highest BCUT2D eigenvalue weighted by Crippen LogP contribution is 2.18. The summed E-state index contributed by atoms with van der Waals surface area (Å²) in [5.74, 6) is 0.892. The first-order valence-electron chi connectivity index (χ1n) is 5.75. The highest BCUT2D eigenvalue weighted by atomic mass is 16.5. The number of rotatable bonds is 7. The summed E-state index contributed by atoms with van der Waals surface area (Å²) in [6, 6.07) is 8.12. The molecule has 0 amide bonds. The largest absolute Gasteiger partial charge is 0.494 e. The SMILES string of the molecule is CC[C@H](N)c1ccc(OCCCOC)cc1. The molecule has 2 N–H and O–H groups in total. The summed E-state index contributed by atoms with van der Waals surface area (Å²) in [6.45, 7) is 3.51. The summed E-state index contributed by atoms with van der Waals surface area (Å²) in [4.78, 5) is 0. The summed E-state index contributed by atoms with van der Waals surface area (Å²) >= 11 is 0. The number of nitrogens with two attached hydrogens (primary N) is 1. The van der Waals surface area contributed by atoms with Gasteiger partial charge in [-0.15, -0.1) is 0 Å². The number of methoxy groups -OCH3 is 1. The second-order valence-corrected chi connectivity index (χ2v) is 3.78. The summed E-state index contributed by atoms with van der Waals surface area (Å²) < 4.78 is 10.5. The van der Waals surface area contributed by atoms with Gasteiger partial charge in [-0.25, -0.2) is 0 Å². The van der Waals surface area contributed by atoms with Crippen LogP contribution in [0.3, 0.4) is 0 Å². The van der Waals surface area contributed by atoms with Crippen LogP contribution in [0.15, 0.2) is 24.3 Å². The molecule has 1 aromatic carbocycles. The molecular formula is C13H21NO2. The Kier molecular flexibility index (Phi) is 5.90. The molecule has 0 aliphatic heterocycles. The molecule has 90 valence electrons. The average molecular weight is 223 g/mol. The lowest BCUT2D eigenvalue weighted by Gasteiger charge is -2.10. The van der Waals surface area contributed by atoms with Crippen molar-refractivity contribution in [3.8, 4) is 5.75 Å². The third-order valence-corrected chi connectivity index (χ3v) is 2.51. The van der Waals surface area contributed by atoms with E-state index in [2.05, 4.69) is 6.92 Å². The minimum atomic E-state index is 0.127. The van der Waals surface area contributed by atoms with Gasteiger partial charge in [0.1, 0.15) is 5.75 Å². The number of hydrogen-bond donors (Lipinski definition) is 1. The Labute approximate surface area is 97.6 Å². The predicted octanol–water partition coefficient (Wildman–Crippen LogP) is 2.51. The molecular weight excluding hydrogens is 202 g/mol. The minimum absolute atomic E-state index is 0.127. The lowest BCUT2D eigenvalue weighted by atomic mass is 10.1. The molecule has 0 bridgehead atoms. The Morgan fingerprint density at radius 1 is 1.19 bits per heavy atom. The lowest BCUT2D eigenvalue weighted by Crippen LogP contribution is -2.08. The van der Waals surface area contributed by atoms with Gasteiger partial charge in [0, 0.05) is 26.2 Å². The van der Waals surface area contributed by atoms with Gasteiger partial charge in [-0.1, -0.05) is 19.1 Å². The van der Waals surface area contributed by atoms with Crippen LogP contribution in [-0.4, -0.2) is 20.3 Å². The Hall–Kier alpha value is -1.06. The molecule has 0 saturated carbocycles. The first-order chi connectivity index (χ1) is 7.77. The van der Waals surface area contributed by atoms with Crippen molar-refractivity contribution in [2.24, 2.45) is 5.73 Å². The first-order valence-corrected chi connectivity index (χ1v) is 5.75. The van der Waals surface area contributed by atoms with Gasteiger partial charge >= 0.3 is 0 Å². The van der Waals surface area contributed by atoms with Crippen molar-refractivity contribution >= 4 is 0 Å². The standard InChI is InChI=1S/C13H21NO2/c1-3-13(14)11-5-7-12(8-6-11)16-10-4-9-15-2/h5-8,13H,3-4,9-10,14H2,1-2H3/t13-/m0/s1. The van der Waals surface area contributed by atoms with E-state index in [-0.39, 0.29) is 6.04 Å². The predicted molar refractivity (Wildman–Crippen MR) is 65.6 cm³/mol. The van der Waals surface area contributed by atoms with E-state index in [0.29, 0.717) is 6.61 Å². The van der Waals surface area contributed by atoms with E-state index < -0.39 is 0 Å². The zero-order chi connectivity index (χ0) is 11.8. The van der Waals surface area contributed by atoms with E-state index in [0.717, 1.165) is 30.8 Å². The maximum absolute atomic E-state index is 5.93. The third-order valence-electron chi connectivity index (χ3n) is 2.51. The van der Waals surface area contributed by atoms with E-state index >= 15 is 0 Å².